The van der Waals surface area contributed by atoms with E-state index in [1.165, 1.54) is 31.5 Å². The number of anilines is 1. The number of nitrogens with one attached hydrogen (secondary N) is 1. The van der Waals surface area contributed by atoms with Crippen molar-refractivity contribution in [2.75, 3.05) is 38.2 Å². The quantitative estimate of drug-likeness (QED) is 0.849. The number of aryl methyl sites for hydroxylation is 1. The van der Waals surface area contributed by atoms with Crippen LogP contribution in [0.1, 0.15) is 62.4 Å². The number of likely N-dealkylation sites (tertiary alicyclic amines) is 1. The van der Waals surface area contributed by atoms with Crippen molar-refractivity contribution in [3.05, 3.63) is 23.0 Å². The van der Waals surface area contributed by atoms with Crippen LogP contribution >= 0.6 is 0 Å². The molecule has 28 heavy (non-hydrogen) atoms. The summed E-state index contributed by atoms with van der Waals surface area (Å²) in [5.41, 5.74) is 4.40. The maximum Gasteiger partial charge on any atom is 0.157 e. The molecule has 2 aromatic heterocycles. The molecule has 0 spiro atoms. The minimum absolute atomic E-state index is 0.488. The van der Waals surface area contributed by atoms with E-state index in [-0.39, 0.29) is 0 Å². The Kier molecular flexibility index (Phi) is 5.88. The van der Waals surface area contributed by atoms with Crippen molar-refractivity contribution in [3.63, 3.8) is 0 Å². The van der Waals surface area contributed by atoms with Gasteiger partial charge in [0.15, 0.2) is 5.65 Å². The Labute approximate surface area is 168 Å². The molecule has 2 saturated heterocycles. The second-order valence-corrected chi connectivity index (χ2v) is 8.87. The van der Waals surface area contributed by atoms with Crippen molar-refractivity contribution in [3.8, 4) is 0 Å². The molecule has 0 aromatic carbocycles. The Balaban J connectivity index is 1.55. The summed E-state index contributed by atoms with van der Waals surface area (Å²) in [6.45, 7) is 13.9. The van der Waals surface area contributed by atoms with E-state index in [4.69, 9.17) is 14.8 Å². The van der Waals surface area contributed by atoms with Gasteiger partial charge >= 0.3 is 0 Å². The highest BCUT2D eigenvalue weighted by Gasteiger charge is 2.23. The summed E-state index contributed by atoms with van der Waals surface area (Å²) in [6, 6.07) is 2.81. The molecule has 4 heterocycles. The first-order valence-corrected chi connectivity index (χ1v) is 11.0. The molecule has 0 saturated carbocycles. The summed E-state index contributed by atoms with van der Waals surface area (Å²) in [4.78, 5) is 7.41. The number of fused-ring (bicyclic) bond motifs is 1. The van der Waals surface area contributed by atoms with Gasteiger partial charge in [-0.2, -0.15) is 9.61 Å². The third-order valence-corrected chi connectivity index (χ3v) is 6.58. The van der Waals surface area contributed by atoms with Gasteiger partial charge in [0.2, 0.25) is 0 Å². The lowest BCUT2D eigenvalue weighted by Crippen LogP contribution is -2.42. The molecular weight excluding hydrogens is 350 g/mol. The molecule has 2 aliphatic rings. The van der Waals surface area contributed by atoms with Crippen molar-refractivity contribution < 1.29 is 4.74 Å². The minimum Gasteiger partial charge on any atom is -0.381 e. The highest BCUT2D eigenvalue weighted by Crippen LogP contribution is 2.29. The van der Waals surface area contributed by atoms with Gasteiger partial charge in [0.25, 0.3) is 0 Å². The van der Waals surface area contributed by atoms with Gasteiger partial charge in [0, 0.05) is 55.6 Å². The second kappa shape index (κ2) is 8.37. The van der Waals surface area contributed by atoms with Crippen LogP contribution in [0.25, 0.3) is 5.65 Å². The maximum atomic E-state index is 5.52. The van der Waals surface area contributed by atoms with Gasteiger partial charge in [-0.1, -0.05) is 0 Å². The first-order chi connectivity index (χ1) is 13.5. The summed E-state index contributed by atoms with van der Waals surface area (Å²) < 4.78 is 7.56. The average Bonchev–Trinajstić information content (AvgIpc) is 3.13. The van der Waals surface area contributed by atoms with Gasteiger partial charge in [0.05, 0.1) is 5.69 Å². The molecule has 0 unspecified atom stereocenters. The first-order valence-electron chi connectivity index (χ1n) is 11.0. The highest BCUT2D eigenvalue weighted by atomic mass is 16.5. The molecule has 1 N–H and O–H groups in total. The molecule has 2 fully saturated rings. The number of nitrogens with zero attached hydrogens (tertiary/aromatic N) is 4. The monoisotopic (exact) mass is 385 g/mol. The number of rotatable bonds is 5. The molecule has 0 amide bonds. The van der Waals surface area contributed by atoms with E-state index in [2.05, 4.69) is 44.0 Å². The molecule has 0 aliphatic carbocycles. The van der Waals surface area contributed by atoms with Gasteiger partial charge in [-0.25, -0.2) is 4.98 Å². The van der Waals surface area contributed by atoms with Crippen molar-refractivity contribution in [1.82, 2.24) is 19.5 Å². The minimum atomic E-state index is 0.488. The molecule has 1 atom stereocenters. The second-order valence-electron chi connectivity index (χ2n) is 8.87. The fourth-order valence-electron chi connectivity index (χ4n) is 4.59. The van der Waals surface area contributed by atoms with Crippen LogP contribution in [0, 0.1) is 19.8 Å². The van der Waals surface area contributed by atoms with E-state index >= 15 is 0 Å². The Morgan fingerprint density at radius 1 is 1.21 bits per heavy atom. The molecule has 2 aliphatic heterocycles. The lowest BCUT2D eigenvalue weighted by molar-refractivity contribution is 0.0844. The molecular formula is C22H35N5O. The van der Waals surface area contributed by atoms with Crippen molar-refractivity contribution in [2.45, 2.75) is 65.3 Å². The fourth-order valence-corrected chi connectivity index (χ4v) is 4.59. The zero-order valence-electron chi connectivity index (χ0n) is 17.9. The van der Waals surface area contributed by atoms with Crippen molar-refractivity contribution in [2.24, 2.45) is 5.92 Å². The predicted molar refractivity (Wildman–Crippen MR) is 113 cm³/mol. The molecule has 0 bridgehead atoms. The molecule has 2 aromatic rings. The Bertz CT molecular complexity index is 809. The maximum absolute atomic E-state index is 5.52. The van der Waals surface area contributed by atoms with Crippen LogP contribution in [-0.2, 0) is 4.74 Å². The topological polar surface area (TPSA) is 54.7 Å². The summed E-state index contributed by atoms with van der Waals surface area (Å²) in [6.07, 6.45) is 4.70. The Hall–Kier alpha value is -1.66. The normalized spacial score (nSPS) is 22.2. The highest BCUT2D eigenvalue weighted by molar-refractivity contribution is 5.55. The summed E-state index contributed by atoms with van der Waals surface area (Å²) in [7, 11) is 0. The average molecular weight is 386 g/mol. The Morgan fingerprint density at radius 2 is 2.00 bits per heavy atom. The number of piperidine rings is 1. The van der Waals surface area contributed by atoms with Crippen molar-refractivity contribution in [1.29, 1.82) is 0 Å². The van der Waals surface area contributed by atoms with Crippen LogP contribution in [0.4, 0.5) is 5.82 Å². The summed E-state index contributed by atoms with van der Waals surface area (Å²) in [5.74, 6) is 2.29. The van der Waals surface area contributed by atoms with E-state index in [9.17, 15) is 0 Å². The van der Waals surface area contributed by atoms with Crippen LogP contribution in [0.3, 0.4) is 0 Å². The smallest absolute Gasteiger partial charge is 0.157 e. The van der Waals surface area contributed by atoms with Gasteiger partial charge in [0.1, 0.15) is 5.82 Å². The molecule has 154 valence electrons. The summed E-state index contributed by atoms with van der Waals surface area (Å²) >= 11 is 0. The van der Waals surface area contributed by atoms with E-state index in [1.807, 2.05) is 4.52 Å². The zero-order valence-corrected chi connectivity index (χ0v) is 17.9. The Morgan fingerprint density at radius 3 is 2.75 bits per heavy atom. The number of aromatic nitrogens is 3. The largest absolute Gasteiger partial charge is 0.381 e. The lowest BCUT2D eigenvalue weighted by Gasteiger charge is -2.35. The molecule has 0 radical (unpaired) electrons. The van der Waals surface area contributed by atoms with Crippen molar-refractivity contribution >= 4 is 11.5 Å². The SMILES string of the molecule is Cc1nc2cc(C3CCOCC3)nn2c(NC[C@@H]2CCCN(C(C)C)C2)c1C. The third-order valence-electron chi connectivity index (χ3n) is 6.58. The number of hydrogen-bond acceptors (Lipinski definition) is 5. The molecule has 6 heteroatoms. The van der Waals surface area contributed by atoms with E-state index in [0.717, 1.165) is 55.5 Å². The standard InChI is InChI=1S/C22H35N5O/c1-15(2)26-9-5-6-18(14-26)13-23-22-16(3)17(4)24-21-12-20(25-27(21)22)19-7-10-28-11-8-19/h12,15,18-19,23H,5-11,13-14H2,1-4H3/t18-/m0/s1. The van der Waals surface area contributed by atoms with E-state index < -0.39 is 0 Å². The van der Waals surface area contributed by atoms with Gasteiger partial charge in [-0.05, 0) is 65.8 Å². The van der Waals surface area contributed by atoms with Gasteiger partial charge < -0.3 is 15.0 Å². The summed E-state index contributed by atoms with van der Waals surface area (Å²) in [5, 5.41) is 8.72. The number of hydrogen-bond donors (Lipinski definition) is 1. The van der Waals surface area contributed by atoms with Crippen LogP contribution in [0.2, 0.25) is 0 Å². The third kappa shape index (κ3) is 4.03. The van der Waals surface area contributed by atoms with Gasteiger partial charge in [-0.3, -0.25) is 0 Å². The predicted octanol–water partition coefficient (Wildman–Crippen LogP) is 3.77. The van der Waals surface area contributed by atoms with Crippen LogP contribution < -0.4 is 5.32 Å². The lowest BCUT2D eigenvalue weighted by atomic mass is 9.97. The van der Waals surface area contributed by atoms with E-state index in [0.29, 0.717) is 17.9 Å². The van der Waals surface area contributed by atoms with Crippen LogP contribution in [0.15, 0.2) is 6.07 Å². The fraction of sp³-hybridized carbons (Fsp3) is 0.727. The number of ether oxygens (including phenoxy) is 1. The first kappa shape index (κ1) is 19.6. The van der Waals surface area contributed by atoms with E-state index in [1.54, 1.807) is 0 Å². The zero-order chi connectivity index (χ0) is 19.7. The van der Waals surface area contributed by atoms with Gasteiger partial charge in [-0.15, -0.1) is 0 Å². The van der Waals surface area contributed by atoms with Crippen LogP contribution in [-0.4, -0.2) is 58.4 Å². The van der Waals surface area contributed by atoms with Crippen LogP contribution in [0.5, 0.6) is 0 Å². The molecule has 4 rings (SSSR count). The molecule has 6 nitrogen and oxygen atoms in total.